The lowest BCUT2D eigenvalue weighted by Gasteiger charge is -2.37. The van der Waals surface area contributed by atoms with Crippen molar-refractivity contribution in [3.05, 3.63) is 58.9 Å². The van der Waals surface area contributed by atoms with Gasteiger partial charge in [-0.05, 0) is 63.3 Å². The molecule has 4 rings (SSSR count). The molecule has 172 valence electrons. The molecule has 1 saturated heterocycles. The summed E-state index contributed by atoms with van der Waals surface area (Å²) in [5.74, 6) is 0.613. The van der Waals surface area contributed by atoms with E-state index in [0.717, 1.165) is 5.56 Å². The predicted molar refractivity (Wildman–Crippen MR) is 120 cm³/mol. The van der Waals surface area contributed by atoms with Gasteiger partial charge in [0.1, 0.15) is 11.5 Å². The Hall–Kier alpha value is -2.47. The standard InChI is InChI=1S/C26H31F2NO3/c1-3-31-23-14-19-13-20(25(30)21(19)15-24(23)32-4-2)16-26(28)9-11-29(12-10-26)17-18-7-5-6-8-22(18)27/h5-8,14-15,20H,3-4,9-13,16-17H2,1-2H3. The number of fused-ring (bicyclic) bond motifs is 1. The number of Topliss-reactive ketones (excluding diaryl/α,β-unsaturated/α-hetero) is 1. The summed E-state index contributed by atoms with van der Waals surface area (Å²) in [6.07, 6.45) is 1.47. The second kappa shape index (κ2) is 9.57. The number of alkyl halides is 1. The monoisotopic (exact) mass is 443 g/mol. The zero-order valence-corrected chi connectivity index (χ0v) is 18.8. The first kappa shape index (κ1) is 22.7. The maximum Gasteiger partial charge on any atom is 0.166 e. The van der Waals surface area contributed by atoms with Crippen LogP contribution in [0.2, 0.25) is 0 Å². The van der Waals surface area contributed by atoms with Crippen LogP contribution < -0.4 is 9.47 Å². The molecule has 1 fully saturated rings. The largest absolute Gasteiger partial charge is 0.490 e. The number of piperidine rings is 1. The van der Waals surface area contributed by atoms with Gasteiger partial charge in [-0.15, -0.1) is 0 Å². The van der Waals surface area contributed by atoms with Crippen molar-refractivity contribution in [2.75, 3.05) is 26.3 Å². The van der Waals surface area contributed by atoms with E-state index in [-0.39, 0.29) is 23.9 Å². The molecule has 1 heterocycles. The van der Waals surface area contributed by atoms with Crippen molar-refractivity contribution in [2.45, 2.75) is 51.7 Å². The molecule has 2 aliphatic rings. The topological polar surface area (TPSA) is 38.8 Å². The molecule has 1 aliphatic heterocycles. The highest BCUT2D eigenvalue weighted by Crippen LogP contribution is 2.42. The molecule has 2 aromatic rings. The fourth-order valence-electron chi connectivity index (χ4n) is 4.90. The summed E-state index contributed by atoms with van der Waals surface area (Å²) >= 11 is 0. The van der Waals surface area contributed by atoms with Gasteiger partial charge in [-0.1, -0.05) is 18.2 Å². The molecule has 2 aromatic carbocycles. The van der Waals surface area contributed by atoms with Gasteiger partial charge in [-0.2, -0.15) is 0 Å². The molecule has 1 aliphatic carbocycles. The Balaban J connectivity index is 1.39. The zero-order valence-electron chi connectivity index (χ0n) is 18.8. The van der Waals surface area contributed by atoms with E-state index < -0.39 is 5.67 Å². The van der Waals surface area contributed by atoms with Crippen molar-refractivity contribution in [3.8, 4) is 11.5 Å². The summed E-state index contributed by atoms with van der Waals surface area (Å²) in [5, 5.41) is 0. The number of carbonyl (C=O) groups is 1. The number of halogens is 2. The molecule has 0 amide bonds. The van der Waals surface area contributed by atoms with Crippen molar-refractivity contribution in [1.82, 2.24) is 4.90 Å². The Morgan fingerprint density at radius 1 is 1.06 bits per heavy atom. The van der Waals surface area contributed by atoms with Crippen molar-refractivity contribution < 1.29 is 23.0 Å². The molecule has 32 heavy (non-hydrogen) atoms. The third-order valence-electron chi connectivity index (χ3n) is 6.59. The van der Waals surface area contributed by atoms with E-state index in [2.05, 4.69) is 4.90 Å². The zero-order chi connectivity index (χ0) is 22.7. The summed E-state index contributed by atoms with van der Waals surface area (Å²) < 4.78 is 41.0. The van der Waals surface area contributed by atoms with Crippen LogP contribution in [0.5, 0.6) is 11.5 Å². The minimum absolute atomic E-state index is 0.00480. The fraction of sp³-hybridized carbons (Fsp3) is 0.500. The Morgan fingerprint density at radius 2 is 1.72 bits per heavy atom. The predicted octanol–water partition coefficient (Wildman–Crippen LogP) is 5.37. The molecule has 1 unspecified atom stereocenters. The Labute approximate surface area is 188 Å². The highest BCUT2D eigenvalue weighted by Gasteiger charge is 2.42. The van der Waals surface area contributed by atoms with Crippen molar-refractivity contribution in [3.63, 3.8) is 0 Å². The Kier molecular flexibility index (Phi) is 6.79. The lowest BCUT2D eigenvalue weighted by atomic mass is 9.82. The van der Waals surface area contributed by atoms with Gasteiger partial charge in [-0.3, -0.25) is 9.69 Å². The first-order valence-corrected chi connectivity index (χ1v) is 11.5. The van der Waals surface area contributed by atoms with Gasteiger partial charge in [0.15, 0.2) is 17.3 Å². The summed E-state index contributed by atoms with van der Waals surface area (Å²) in [6.45, 7) is 6.38. The lowest BCUT2D eigenvalue weighted by molar-refractivity contribution is 0.0333. The molecule has 0 spiro atoms. The molecule has 0 aromatic heterocycles. The molecule has 0 N–H and O–H groups in total. The van der Waals surface area contributed by atoms with Crippen molar-refractivity contribution in [1.29, 1.82) is 0 Å². The number of ketones is 1. The Morgan fingerprint density at radius 3 is 2.38 bits per heavy atom. The summed E-state index contributed by atoms with van der Waals surface area (Å²) in [4.78, 5) is 15.2. The van der Waals surface area contributed by atoms with E-state index in [1.54, 1.807) is 18.2 Å². The van der Waals surface area contributed by atoms with E-state index in [4.69, 9.17) is 9.47 Å². The third-order valence-corrected chi connectivity index (χ3v) is 6.59. The number of rotatable bonds is 8. The summed E-state index contributed by atoms with van der Waals surface area (Å²) in [5.41, 5.74) is 0.796. The number of nitrogens with zero attached hydrogens (tertiary/aromatic N) is 1. The third kappa shape index (κ3) is 4.80. The number of likely N-dealkylation sites (tertiary alicyclic amines) is 1. The van der Waals surface area contributed by atoms with Crippen LogP contribution in [0.15, 0.2) is 36.4 Å². The second-order valence-electron chi connectivity index (χ2n) is 8.81. The minimum atomic E-state index is -1.38. The molecular weight excluding hydrogens is 412 g/mol. The molecule has 4 nitrogen and oxygen atoms in total. The van der Waals surface area contributed by atoms with Gasteiger partial charge in [0.25, 0.3) is 0 Å². The fourth-order valence-corrected chi connectivity index (χ4v) is 4.90. The number of hydrogen-bond donors (Lipinski definition) is 0. The van der Waals surface area contributed by atoms with E-state index in [1.165, 1.54) is 6.07 Å². The number of hydrogen-bond acceptors (Lipinski definition) is 4. The first-order valence-electron chi connectivity index (χ1n) is 11.5. The van der Waals surface area contributed by atoms with Gasteiger partial charge in [0.2, 0.25) is 0 Å². The average molecular weight is 444 g/mol. The Bertz CT molecular complexity index is 970. The van der Waals surface area contributed by atoms with E-state index in [0.29, 0.717) is 74.7 Å². The molecule has 0 bridgehead atoms. The van der Waals surface area contributed by atoms with E-state index in [1.807, 2.05) is 26.0 Å². The molecule has 0 saturated carbocycles. The first-order chi connectivity index (χ1) is 15.4. The van der Waals surface area contributed by atoms with Gasteiger partial charge < -0.3 is 9.47 Å². The highest BCUT2D eigenvalue weighted by atomic mass is 19.1. The van der Waals surface area contributed by atoms with Crippen LogP contribution in [0, 0.1) is 11.7 Å². The van der Waals surface area contributed by atoms with E-state index >= 15 is 4.39 Å². The van der Waals surface area contributed by atoms with Gasteiger partial charge >= 0.3 is 0 Å². The number of ether oxygens (including phenoxy) is 2. The van der Waals surface area contributed by atoms with Crippen LogP contribution in [0.4, 0.5) is 8.78 Å². The number of benzene rings is 2. The van der Waals surface area contributed by atoms with Crippen molar-refractivity contribution in [2.24, 2.45) is 5.92 Å². The maximum absolute atomic E-state index is 15.7. The van der Waals surface area contributed by atoms with Crippen molar-refractivity contribution >= 4 is 5.78 Å². The van der Waals surface area contributed by atoms with E-state index in [9.17, 15) is 9.18 Å². The SMILES string of the molecule is CCOc1cc2c(cc1OCC)C(=O)C(CC1(F)CCN(Cc3ccccc3F)CC1)C2. The molecule has 6 heteroatoms. The molecular formula is C26H31F2NO3. The van der Waals surface area contributed by atoms with Gasteiger partial charge in [0, 0.05) is 36.7 Å². The van der Waals surface area contributed by atoms with Crippen LogP contribution in [0.1, 0.15) is 54.6 Å². The quantitative estimate of drug-likeness (QED) is 0.550. The highest BCUT2D eigenvalue weighted by molar-refractivity contribution is 6.03. The average Bonchev–Trinajstić information content (AvgIpc) is 3.06. The lowest BCUT2D eigenvalue weighted by Crippen LogP contribution is -2.43. The smallest absolute Gasteiger partial charge is 0.166 e. The van der Waals surface area contributed by atoms with Gasteiger partial charge in [-0.25, -0.2) is 8.78 Å². The van der Waals surface area contributed by atoms with Crippen LogP contribution in [0.3, 0.4) is 0 Å². The minimum Gasteiger partial charge on any atom is -0.490 e. The summed E-state index contributed by atoms with van der Waals surface area (Å²) in [6, 6.07) is 10.4. The van der Waals surface area contributed by atoms with Crippen LogP contribution in [-0.4, -0.2) is 42.7 Å². The van der Waals surface area contributed by atoms with Gasteiger partial charge in [0.05, 0.1) is 13.2 Å². The van der Waals surface area contributed by atoms with Crippen LogP contribution in [0.25, 0.3) is 0 Å². The maximum atomic E-state index is 15.7. The molecule has 1 atom stereocenters. The normalized spacial score (nSPS) is 20.2. The molecule has 0 radical (unpaired) electrons. The van der Waals surface area contributed by atoms with Crippen LogP contribution >= 0.6 is 0 Å². The number of carbonyl (C=O) groups excluding carboxylic acids is 1. The van der Waals surface area contributed by atoms with Crippen LogP contribution in [-0.2, 0) is 13.0 Å². The summed E-state index contributed by atoms with van der Waals surface area (Å²) in [7, 11) is 0. The second-order valence-corrected chi connectivity index (χ2v) is 8.81.